The van der Waals surface area contributed by atoms with Crippen molar-refractivity contribution in [3.63, 3.8) is 0 Å². The van der Waals surface area contributed by atoms with E-state index in [-0.39, 0.29) is 11.7 Å². The van der Waals surface area contributed by atoms with Crippen LogP contribution in [0.3, 0.4) is 0 Å². The lowest BCUT2D eigenvalue weighted by Gasteiger charge is -2.23. The van der Waals surface area contributed by atoms with Gasteiger partial charge in [-0.05, 0) is 43.9 Å². The highest BCUT2D eigenvalue weighted by Crippen LogP contribution is 2.25. The number of likely N-dealkylation sites (tertiary alicyclic amines) is 1. The smallest absolute Gasteiger partial charge is 0.407 e. The van der Waals surface area contributed by atoms with E-state index < -0.39 is 12.0 Å². The molecule has 0 aliphatic carbocycles. The summed E-state index contributed by atoms with van der Waals surface area (Å²) in [5.41, 5.74) is 7.50. The van der Waals surface area contributed by atoms with Crippen LogP contribution in [0, 0.1) is 12.9 Å². The molecule has 4 rings (SSSR count). The Bertz CT molecular complexity index is 953. The molecule has 2 aliphatic rings. The fourth-order valence-corrected chi connectivity index (χ4v) is 3.39. The number of urea groups is 1. The lowest BCUT2D eigenvalue weighted by molar-refractivity contribution is 0.150. The number of primary amides is 1. The molecule has 3 amide bonds. The van der Waals surface area contributed by atoms with Gasteiger partial charge in [-0.3, -0.25) is 0 Å². The summed E-state index contributed by atoms with van der Waals surface area (Å²) >= 11 is 0. The topological polar surface area (TPSA) is 130 Å². The van der Waals surface area contributed by atoms with Crippen molar-refractivity contribution in [1.82, 2.24) is 29.8 Å². The number of carbonyl (C=O) groups is 2. The van der Waals surface area contributed by atoms with Gasteiger partial charge in [0.15, 0.2) is 0 Å². The molecule has 0 saturated carbocycles. The van der Waals surface area contributed by atoms with Gasteiger partial charge in [0.05, 0.1) is 5.69 Å². The summed E-state index contributed by atoms with van der Waals surface area (Å²) in [6.07, 6.45) is 5.04. The number of carbonyl (C=O) groups excluding carboxylic acids is 1. The number of nitrogens with zero attached hydrogens (tertiary/aromatic N) is 6. The average Bonchev–Trinajstić information content (AvgIpc) is 3.39. The van der Waals surface area contributed by atoms with E-state index in [9.17, 15) is 14.0 Å². The summed E-state index contributed by atoms with van der Waals surface area (Å²) in [4.78, 5) is 27.9. The first-order valence-corrected chi connectivity index (χ1v) is 9.63. The van der Waals surface area contributed by atoms with Crippen LogP contribution in [0.2, 0.25) is 0 Å². The van der Waals surface area contributed by atoms with Gasteiger partial charge in [0, 0.05) is 32.4 Å². The second-order valence-electron chi connectivity index (χ2n) is 6.99. The van der Waals surface area contributed by atoms with Crippen LogP contribution in [0.15, 0.2) is 24.4 Å². The molecule has 11 heteroatoms. The number of halogens is 1. The van der Waals surface area contributed by atoms with E-state index in [1.807, 2.05) is 6.08 Å². The van der Waals surface area contributed by atoms with E-state index in [0.717, 1.165) is 31.5 Å². The number of hydrogen-bond donors (Lipinski definition) is 2. The lowest BCUT2D eigenvalue weighted by Crippen LogP contribution is -2.33. The van der Waals surface area contributed by atoms with Gasteiger partial charge in [0.2, 0.25) is 5.95 Å². The third-order valence-corrected chi connectivity index (χ3v) is 5.06. The number of aromatic nitrogens is 4. The molecule has 0 unspecified atom stereocenters. The summed E-state index contributed by atoms with van der Waals surface area (Å²) in [7, 11) is 0. The maximum absolute atomic E-state index is 13.8. The minimum absolute atomic E-state index is 0.238. The molecule has 30 heavy (non-hydrogen) atoms. The van der Waals surface area contributed by atoms with Crippen LogP contribution >= 0.6 is 0 Å². The Hall–Kier alpha value is -3.50. The zero-order valence-electron chi connectivity index (χ0n) is 16.7. The van der Waals surface area contributed by atoms with Crippen LogP contribution < -0.4 is 5.73 Å². The van der Waals surface area contributed by atoms with Crippen molar-refractivity contribution < 1.29 is 19.1 Å². The van der Waals surface area contributed by atoms with Crippen molar-refractivity contribution >= 4 is 17.7 Å². The number of nitrogens with two attached hydrogens (primary N) is 1. The number of carboxylic acid groups (broad SMARTS) is 1. The Balaban J connectivity index is 0.000000269. The molecule has 10 nitrogen and oxygen atoms in total. The average molecular weight is 417 g/mol. The van der Waals surface area contributed by atoms with Crippen LogP contribution in [0.5, 0.6) is 0 Å². The van der Waals surface area contributed by atoms with E-state index in [2.05, 4.69) is 15.3 Å². The summed E-state index contributed by atoms with van der Waals surface area (Å²) < 4.78 is 15.2. The fourth-order valence-electron chi connectivity index (χ4n) is 3.39. The Kier molecular flexibility index (Phi) is 6.60. The number of amides is 3. The Morgan fingerprint density at radius 3 is 2.47 bits per heavy atom. The summed E-state index contributed by atoms with van der Waals surface area (Å²) in [5, 5.41) is 17.1. The molecule has 2 aromatic heterocycles. The van der Waals surface area contributed by atoms with E-state index in [4.69, 9.17) is 10.8 Å². The molecule has 160 valence electrons. The fraction of sp³-hybridized carbons (Fsp3) is 0.421. The minimum Gasteiger partial charge on any atom is -0.465 e. The van der Waals surface area contributed by atoms with Gasteiger partial charge in [-0.15, -0.1) is 5.10 Å². The quantitative estimate of drug-likeness (QED) is 0.719. The standard InChI is InChI=1S/C14H14FN5O2.C5H10N2O/c1-9-12(10-4-7-19(8-5-10)14(21)22)17-18-20(9)11-3-2-6-16-13(11)15;6-5(8)7-3-1-2-4-7/h2-4,6H,5,7-8H2,1H3,(H,21,22);1-4H2,(H2,6,8). The largest absolute Gasteiger partial charge is 0.465 e. The van der Waals surface area contributed by atoms with Crippen LogP contribution in [0.4, 0.5) is 14.0 Å². The van der Waals surface area contributed by atoms with Crippen molar-refractivity contribution in [1.29, 1.82) is 0 Å². The van der Waals surface area contributed by atoms with Gasteiger partial charge in [-0.1, -0.05) is 11.3 Å². The maximum atomic E-state index is 13.8. The molecule has 1 saturated heterocycles. The van der Waals surface area contributed by atoms with Gasteiger partial charge in [-0.2, -0.15) is 4.39 Å². The monoisotopic (exact) mass is 417 g/mol. The van der Waals surface area contributed by atoms with Crippen molar-refractivity contribution in [2.24, 2.45) is 5.73 Å². The highest BCUT2D eigenvalue weighted by Gasteiger charge is 2.21. The second kappa shape index (κ2) is 9.33. The normalized spacial score (nSPS) is 16.0. The van der Waals surface area contributed by atoms with Crippen LogP contribution in [-0.2, 0) is 0 Å². The van der Waals surface area contributed by atoms with Gasteiger partial charge >= 0.3 is 12.1 Å². The summed E-state index contributed by atoms with van der Waals surface area (Å²) in [6.45, 7) is 4.24. The zero-order valence-corrected chi connectivity index (χ0v) is 16.7. The molecular weight excluding hydrogens is 393 g/mol. The lowest BCUT2D eigenvalue weighted by atomic mass is 10.0. The summed E-state index contributed by atoms with van der Waals surface area (Å²) in [5.74, 6) is -0.614. The third kappa shape index (κ3) is 4.73. The summed E-state index contributed by atoms with van der Waals surface area (Å²) in [6, 6.07) is 2.93. The maximum Gasteiger partial charge on any atom is 0.407 e. The molecule has 4 heterocycles. The molecule has 2 aliphatic heterocycles. The van der Waals surface area contributed by atoms with E-state index in [1.165, 1.54) is 15.8 Å². The van der Waals surface area contributed by atoms with Gasteiger partial charge in [0.25, 0.3) is 0 Å². The molecule has 0 radical (unpaired) electrons. The minimum atomic E-state index is -0.937. The molecule has 3 N–H and O–H groups in total. The zero-order chi connectivity index (χ0) is 21.7. The first-order valence-electron chi connectivity index (χ1n) is 9.63. The van der Waals surface area contributed by atoms with Crippen molar-refractivity contribution in [3.05, 3.63) is 41.7 Å². The number of hydrogen-bond acceptors (Lipinski definition) is 5. The first kappa shape index (κ1) is 21.2. The highest BCUT2D eigenvalue weighted by molar-refractivity contribution is 5.72. The molecule has 0 spiro atoms. The Labute approximate surface area is 172 Å². The Morgan fingerprint density at radius 2 is 1.93 bits per heavy atom. The van der Waals surface area contributed by atoms with E-state index in [0.29, 0.717) is 30.9 Å². The molecule has 0 bridgehead atoms. The van der Waals surface area contributed by atoms with Crippen molar-refractivity contribution in [3.8, 4) is 5.69 Å². The van der Waals surface area contributed by atoms with E-state index in [1.54, 1.807) is 24.0 Å². The SMILES string of the molecule is Cc1c(C2=CCN(C(=O)O)CC2)nnn1-c1cccnc1F.NC(=O)N1CCCC1. The van der Waals surface area contributed by atoms with Crippen molar-refractivity contribution in [2.45, 2.75) is 26.2 Å². The second-order valence-corrected chi connectivity index (χ2v) is 6.99. The third-order valence-electron chi connectivity index (χ3n) is 5.06. The molecule has 0 atom stereocenters. The molecular formula is C19H24FN7O3. The molecule has 0 aromatic carbocycles. The first-order chi connectivity index (χ1) is 14.4. The number of rotatable bonds is 2. The van der Waals surface area contributed by atoms with Gasteiger partial charge in [-0.25, -0.2) is 19.3 Å². The van der Waals surface area contributed by atoms with Crippen LogP contribution in [0.1, 0.15) is 30.7 Å². The van der Waals surface area contributed by atoms with E-state index >= 15 is 0 Å². The van der Waals surface area contributed by atoms with Gasteiger partial charge in [0.1, 0.15) is 11.4 Å². The molecule has 1 fully saturated rings. The van der Waals surface area contributed by atoms with Crippen LogP contribution in [-0.4, -0.2) is 73.2 Å². The van der Waals surface area contributed by atoms with Crippen molar-refractivity contribution in [2.75, 3.05) is 26.2 Å². The van der Waals surface area contributed by atoms with Gasteiger partial charge < -0.3 is 20.6 Å². The number of pyridine rings is 1. The predicted octanol–water partition coefficient (Wildman–Crippen LogP) is 2.04. The molecule has 2 aromatic rings. The van der Waals surface area contributed by atoms with Crippen LogP contribution in [0.25, 0.3) is 11.3 Å². The Morgan fingerprint density at radius 1 is 1.20 bits per heavy atom. The predicted molar refractivity (Wildman–Crippen MR) is 106 cm³/mol. The highest BCUT2D eigenvalue weighted by atomic mass is 19.1.